The van der Waals surface area contributed by atoms with Crippen molar-refractivity contribution in [2.75, 3.05) is 0 Å². The highest BCUT2D eigenvalue weighted by atomic mass is 19.4. The van der Waals surface area contributed by atoms with Crippen LogP contribution in [0.2, 0.25) is 0 Å². The molecular weight excluding hydrogens is 369 g/mol. The van der Waals surface area contributed by atoms with Gasteiger partial charge in [-0.25, -0.2) is 4.98 Å². The number of aliphatic hydroxyl groups is 1. The van der Waals surface area contributed by atoms with Gasteiger partial charge < -0.3 is 5.11 Å². The second kappa shape index (κ2) is 11.9. The predicted octanol–water partition coefficient (Wildman–Crippen LogP) is 6.21. The lowest BCUT2D eigenvalue weighted by molar-refractivity contribution is -0.141. The standard InChI is InChI=1S/C13H17F3N2.C8H16O2/c1-4-5-6-9(2)17-11-7-8-12(13(14,15)16)18-10(11)3;1-4-5-7(9)6-8(2,3)10/h7-8H,4-6H2,1-3H3;10H,4-6H2,1-3H3. The normalized spacial score (nSPS) is 12.4. The van der Waals surface area contributed by atoms with E-state index in [0.29, 0.717) is 17.8 Å². The summed E-state index contributed by atoms with van der Waals surface area (Å²) < 4.78 is 37.3. The maximum absolute atomic E-state index is 12.4. The van der Waals surface area contributed by atoms with Gasteiger partial charge in [0.15, 0.2) is 0 Å². The first kappa shape index (κ1) is 26.2. The van der Waals surface area contributed by atoms with Crippen LogP contribution in [-0.2, 0) is 11.0 Å². The molecule has 0 aliphatic rings. The highest BCUT2D eigenvalue weighted by molar-refractivity contribution is 5.84. The molecule has 0 aliphatic carbocycles. The van der Waals surface area contributed by atoms with Gasteiger partial charge in [0.1, 0.15) is 11.5 Å². The average Bonchev–Trinajstić information content (AvgIpc) is 2.53. The SMILES string of the molecule is CCCC(=O)CC(C)(C)O.CCCCC(C)=Nc1ccc(C(F)(F)F)nc1C. The second-order valence-electron chi connectivity index (χ2n) is 7.53. The fourth-order valence-electron chi connectivity index (χ4n) is 2.37. The van der Waals surface area contributed by atoms with Crippen LogP contribution in [0.1, 0.15) is 84.5 Å². The quantitative estimate of drug-likeness (QED) is 0.526. The van der Waals surface area contributed by atoms with Crippen LogP contribution in [0.4, 0.5) is 18.9 Å². The molecule has 1 aromatic rings. The third-order valence-electron chi connectivity index (χ3n) is 3.71. The Morgan fingerprint density at radius 2 is 1.75 bits per heavy atom. The lowest BCUT2D eigenvalue weighted by Crippen LogP contribution is -2.22. The number of nitrogens with zero attached hydrogens (tertiary/aromatic N) is 2. The minimum atomic E-state index is -4.40. The first-order valence-electron chi connectivity index (χ1n) is 9.63. The highest BCUT2D eigenvalue weighted by Crippen LogP contribution is 2.30. The van der Waals surface area contributed by atoms with E-state index in [1.807, 2.05) is 13.8 Å². The second-order valence-corrected chi connectivity index (χ2v) is 7.53. The van der Waals surface area contributed by atoms with Crippen LogP contribution in [0.25, 0.3) is 0 Å². The summed E-state index contributed by atoms with van der Waals surface area (Å²) in [5.41, 5.74) is 0.0376. The van der Waals surface area contributed by atoms with Gasteiger partial charge in [0.2, 0.25) is 0 Å². The Morgan fingerprint density at radius 1 is 1.14 bits per heavy atom. The van der Waals surface area contributed by atoms with Crippen molar-refractivity contribution in [3.05, 3.63) is 23.5 Å². The summed E-state index contributed by atoms with van der Waals surface area (Å²) in [4.78, 5) is 18.8. The third kappa shape index (κ3) is 11.8. The van der Waals surface area contributed by atoms with Gasteiger partial charge in [-0.3, -0.25) is 9.79 Å². The van der Waals surface area contributed by atoms with E-state index in [2.05, 4.69) is 16.9 Å². The van der Waals surface area contributed by atoms with Gasteiger partial charge in [0, 0.05) is 18.6 Å². The molecule has 4 nitrogen and oxygen atoms in total. The molecule has 0 unspecified atom stereocenters. The monoisotopic (exact) mass is 402 g/mol. The summed E-state index contributed by atoms with van der Waals surface area (Å²) in [7, 11) is 0. The van der Waals surface area contributed by atoms with Crippen LogP contribution in [0.5, 0.6) is 0 Å². The number of carbonyl (C=O) groups is 1. The van der Waals surface area contributed by atoms with Crippen LogP contribution in [0.15, 0.2) is 17.1 Å². The van der Waals surface area contributed by atoms with Gasteiger partial charge in [-0.2, -0.15) is 13.2 Å². The molecule has 0 saturated heterocycles. The lowest BCUT2D eigenvalue weighted by atomic mass is 10.00. The van der Waals surface area contributed by atoms with Gasteiger partial charge in [0.25, 0.3) is 0 Å². The topological polar surface area (TPSA) is 62.5 Å². The van der Waals surface area contributed by atoms with Crippen LogP contribution in [0.3, 0.4) is 0 Å². The zero-order valence-electron chi connectivity index (χ0n) is 17.8. The summed E-state index contributed by atoms with van der Waals surface area (Å²) in [5, 5.41) is 9.19. The molecule has 1 aromatic heterocycles. The van der Waals surface area contributed by atoms with Gasteiger partial charge in [-0.15, -0.1) is 0 Å². The highest BCUT2D eigenvalue weighted by Gasteiger charge is 2.32. The van der Waals surface area contributed by atoms with E-state index in [1.165, 1.54) is 6.07 Å². The number of aliphatic imine (C=N–C) groups is 1. The van der Waals surface area contributed by atoms with Crippen molar-refractivity contribution < 1.29 is 23.1 Å². The Kier molecular flexibility index (Phi) is 11.2. The molecule has 0 atom stereocenters. The molecule has 7 heteroatoms. The number of hydrogen-bond acceptors (Lipinski definition) is 4. The number of hydrogen-bond donors (Lipinski definition) is 1. The van der Waals surface area contributed by atoms with Gasteiger partial charge in [0.05, 0.1) is 17.0 Å². The smallest absolute Gasteiger partial charge is 0.390 e. The fraction of sp³-hybridized carbons (Fsp3) is 0.667. The van der Waals surface area contributed by atoms with Crippen LogP contribution < -0.4 is 0 Å². The molecule has 0 radical (unpaired) electrons. The first-order valence-corrected chi connectivity index (χ1v) is 9.63. The van der Waals surface area contributed by atoms with Crippen molar-refractivity contribution >= 4 is 17.2 Å². The Morgan fingerprint density at radius 3 is 2.18 bits per heavy atom. The molecule has 160 valence electrons. The molecule has 0 aliphatic heterocycles. The Bertz CT molecular complexity index is 648. The van der Waals surface area contributed by atoms with Crippen molar-refractivity contribution in [3.63, 3.8) is 0 Å². The summed E-state index contributed by atoms with van der Waals surface area (Å²) in [5.74, 6) is 0.148. The van der Waals surface area contributed by atoms with Gasteiger partial charge in [-0.05, 0) is 59.1 Å². The van der Waals surface area contributed by atoms with Crippen molar-refractivity contribution in [1.82, 2.24) is 4.98 Å². The van der Waals surface area contributed by atoms with Gasteiger partial charge in [-0.1, -0.05) is 20.3 Å². The van der Waals surface area contributed by atoms with Crippen LogP contribution in [-0.4, -0.2) is 27.2 Å². The van der Waals surface area contributed by atoms with E-state index in [-0.39, 0.29) is 12.2 Å². The Balaban J connectivity index is 0.000000621. The number of Topliss-reactive ketones (excluding diaryl/α,β-unsaturated/α-hetero) is 1. The molecule has 0 amide bonds. The lowest BCUT2D eigenvalue weighted by Gasteiger charge is -2.14. The molecule has 1 rings (SSSR count). The molecule has 0 spiro atoms. The number of rotatable bonds is 8. The van der Waals surface area contributed by atoms with Crippen molar-refractivity contribution in [1.29, 1.82) is 0 Å². The van der Waals surface area contributed by atoms with E-state index in [0.717, 1.165) is 37.5 Å². The van der Waals surface area contributed by atoms with E-state index in [4.69, 9.17) is 0 Å². The minimum Gasteiger partial charge on any atom is -0.390 e. The molecule has 28 heavy (non-hydrogen) atoms. The number of unbranched alkanes of at least 4 members (excludes halogenated alkanes) is 1. The van der Waals surface area contributed by atoms with Gasteiger partial charge >= 0.3 is 6.18 Å². The van der Waals surface area contributed by atoms with Crippen LogP contribution in [0, 0.1) is 6.92 Å². The number of carbonyl (C=O) groups excluding carboxylic acids is 1. The van der Waals surface area contributed by atoms with Crippen molar-refractivity contribution in [3.8, 4) is 0 Å². The zero-order valence-corrected chi connectivity index (χ0v) is 17.8. The zero-order chi connectivity index (χ0) is 22.0. The fourth-order valence-corrected chi connectivity index (χ4v) is 2.37. The first-order chi connectivity index (χ1) is 12.8. The summed E-state index contributed by atoms with van der Waals surface area (Å²) in [6.45, 7) is 10.8. The van der Waals surface area contributed by atoms with E-state index in [9.17, 15) is 23.1 Å². The molecule has 0 fully saturated rings. The molecule has 1 N–H and O–H groups in total. The number of pyridine rings is 1. The van der Waals surface area contributed by atoms with E-state index < -0.39 is 17.5 Å². The van der Waals surface area contributed by atoms with E-state index >= 15 is 0 Å². The Hall–Kier alpha value is -1.76. The summed E-state index contributed by atoms with van der Waals surface area (Å²) in [6, 6.07) is 2.35. The maximum atomic E-state index is 12.4. The average molecular weight is 403 g/mol. The molecular formula is C21H33F3N2O2. The Labute approximate surface area is 166 Å². The minimum absolute atomic E-state index is 0.148. The molecule has 0 saturated carbocycles. The van der Waals surface area contributed by atoms with Crippen molar-refractivity contribution in [2.24, 2.45) is 4.99 Å². The predicted molar refractivity (Wildman–Crippen MR) is 107 cm³/mol. The third-order valence-corrected chi connectivity index (χ3v) is 3.71. The largest absolute Gasteiger partial charge is 0.433 e. The van der Waals surface area contributed by atoms with Crippen LogP contribution >= 0.6 is 0 Å². The number of ketones is 1. The van der Waals surface area contributed by atoms with E-state index in [1.54, 1.807) is 20.8 Å². The van der Waals surface area contributed by atoms with Crippen molar-refractivity contribution in [2.45, 2.75) is 91.8 Å². The number of aryl methyl sites for hydroxylation is 1. The molecule has 0 aromatic carbocycles. The maximum Gasteiger partial charge on any atom is 0.433 e. The summed E-state index contributed by atoms with van der Waals surface area (Å²) >= 11 is 0. The number of halogens is 3. The number of aromatic nitrogens is 1. The summed E-state index contributed by atoms with van der Waals surface area (Å²) in [6.07, 6.45) is 0.292. The number of alkyl halides is 3. The molecule has 1 heterocycles. The molecule has 0 bridgehead atoms.